The fourth-order valence-corrected chi connectivity index (χ4v) is 2.34. The molecule has 1 unspecified atom stereocenters. The van der Waals surface area contributed by atoms with Crippen LogP contribution in [0.1, 0.15) is 23.7 Å². The first-order valence-electron chi connectivity index (χ1n) is 5.86. The highest BCUT2D eigenvalue weighted by molar-refractivity contribution is 5.95. The first-order chi connectivity index (χ1) is 8.41. The number of nitrogens with zero attached hydrogens (tertiary/aromatic N) is 1. The normalized spacial score (nSPS) is 24.2. The summed E-state index contributed by atoms with van der Waals surface area (Å²) in [7, 11) is 1.95. The molecular weight excluding hydrogens is 238 g/mol. The zero-order valence-corrected chi connectivity index (χ0v) is 10.5. The molecule has 18 heavy (non-hydrogen) atoms. The third-order valence-electron chi connectivity index (χ3n) is 3.27. The molecule has 1 fully saturated rings. The summed E-state index contributed by atoms with van der Waals surface area (Å²) < 4.78 is 26.9. The number of benzene rings is 1. The van der Waals surface area contributed by atoms with Gasteiger partial charge < -0.3 is 10.2 Å². The monoisotopic (exact) mass is 254 g/mol. The highest BCUT2D eigenvalue weighted by Gasteiger charge is 2.34. The predicted octanol–water partition coefficient (Wildman–Crippen LogP) is 1.79. The van der Waals surface area contributed by atoms with Crippen molar-refractivity contribution in [1.29, 1.82) is 0 Å². The SMILES string of the molecule is CN1CCC(C)(NC(=O)c2c(F)cccc2F)C1. The number of halogens is 2. The van der Waals surface area contributed by atoms with Gasteiger partial charge in [0.05, 0.1) is 5.54 Å². The van der Waals surface area contributed by atoms with E-state index in [1.165, 1.54) is 6.07 Å². The lowest BCUT2D eigenvalue weighted by Crippen LogP contribution is -2.48. The van der Waals surface area contributed by atoms with E-state index < -0.39 is 28.6 Å². The molecule has 1 heterocycles. The maximum atomic E-state index is 13.5. The van der Waals surface area contributed by atoms with Crippen LogP contribution in [0.15, 0.2) is 18.2 Å². The van der Waals surface area contributed by atoms with Crippen molar-refractivity contribution < 1.29 is 13.6 Å². The molecule has 1 N–H and O–H groups in total. The molecule has 1 aromatic carbocycles. The minimum atomic E-state index is -0.831. The summed E-state index contributed by atoms with van der Waals surface area (Å²) >= 11 is 0. The molecule has 0 radical (unpaired) electrons. The van der Waals surface area contributed by atoms with E-state index in [4.69, 9.17) is 0 Å². The van der Waals surface area contributed by atoms with Crippen molar-refractivity contribution >= 4 is 5.91 Å². The van der Waals surface area contributed by atoms with Gasteiger partial charge in [0, 0.05) is 13.1 Å². The average molecular weight is 254 g/mol. The topological polar surface area (TPSA) is 32.3 Å². The van der Waals surface area contributed by atoms with E-state index in [0.717, 1.165) is 25.1 Å². The molecule has 1 atom stereocenters. The fourth-order valence-electron chi connectivity index (χ4n) is 2.34. The van der Waals surface area contributed by atoms with Crippen LogP contribution in [0, 0.1) is 11.6 Å². The summed E-state index contributed by atoms with van der Waals surface area (Å²) in [6.45, 7) is 3.42. The van der Waals surface area contributed by atoms with E-state index in [1.54, 1.807) is 0 Å². The molecular formula is C13H16F2N2O. The van der Waals surface area contributed by atoms with Crippen LogP contribution in [0.4, 0.5) is 8.78 Å². The maximum Gasteiger partial charge on any atom is 0.257 e. The molecule has 1 aliphatic heterocycles. The molecule has 1 aromatic rings. The first-order valence-corrected chi connectivity index (χ1v) is 5.86. The van der Waals surface area contributed by atoms with Crippen LogP contribution in [0.5, 0.6) is 0 Å². The van der Waals surface area contributed by atoms with Crippen molar-refractivity contribution in [1.82, 2.24) is 10.2 Å². The van der Waals surface area contributed by atoms with Crippen molar-refractivity contribution in [2.45, 2.75) is 18.9 Å². The maximum absolute atomic E-state index is 13.5. The first kappa shape index (κ1) is 13.0. The molecule has 3 nitrogen and oxygen atoms in total. The highest BCUT2D eigenvalue weighted by Crippen LogP contribution is 2.21. The molecule has 0 aliphatic carbocycles. The number of rotatable bonds is 2. The van der Waals surface area contributed by atoms with Gasteiger partial charge in [-0.1, -0.05) is 6.07 Å². The fraction of sp³-hybridized carbons (Fsp3) is 0.462. The van der Waals surface area contributed by atoms with Gasteiger partial charge in [0.1, 0.15) is 17.2 Å². The van der Waals surface area contributed by atoms with Gasteiger partial charge in [0.2, 0.25) is 0 Å². The Morgan fingerprint density at radius 3 is 2.50 bits per heavy atom. The van der Waals surface area contributed by atoms with E-state index >= 15 is 0 Å². The lowest BCUT2D eigenvalue weighted by molar-refractivity contribution is 0.0900. The van der Waals surface area contributed by atoms with Gasteiger partial charge in [0.25, 0.3) is 5.91 Å². The molecule has 0 bridgehead atoms. The zero-order valence-electron chi connectivity index (χ0n) is 10.5. The van der Waals surface area contributed by atoms with E-state index in [9.17, 15) is 13.6 Å². The molecule has 0 aromatic heterocycles. The van der Waals surface area contributed by atoms with Crippen LogP contribution in [-0.4, -0.2) is 36.5 Å². The van der Waals surface area contributed by atoms with Crippen molar-refractivity contribution in [2.75, 3.05) is 20.1 Å². The lowest BCUT2D eigenvalue weighted by Gasteiger charge is -2.25. The Balaban J connectivity index is 2.18. The summed E-state index contributed by atoms with van der Waals surface area (Å²) in [5.41, 5.74) is -0.936. The number of likely N-dealkylation sites (tertiary alicyclic amines) is 1. The van der Waals surface area contributed by atoms with Gasteiger partial charge in [0.15, 0.2) is 0 Å². The average Bonchev–Trinajstić information content (AvgIpc) is 2.57. The van der Waals surface area contributed by atoms with Gasteiger partial charge >= 0.3 is 0 Å². The Kier molecular flexibility index (Phi) is 3.34. The van der Waals surface area contributed by atoms with E-state index in [0.29, 0.717) is 6.54 Å². The Hall–Kier alpha value is -1.49. The number of hydrogen-bond donors (Lipinski definition) is 1. The van der Waals surface area contributed by atoms with E-state index in [2.05, 4.69) is 10.2 Å². The summed E-state index contributed by atoms with van der Waals surface area (Å²) in [6.07, 6.45) is 0.769. The molecule has 0 saturated carbocycles. The molecule has 1 saturated heterocycles. The standard InChI is InChI=1S/C13H16F2N2O/c1-13(6-7-17(2)8-13)16-12(18)11-9(14)4-3-5-10(11)15/h3-5H,6-8H2,1-2H3,(H,16,18). The Bertz CT molecular complexity index is 458. The smallest absolute Gasteiger partial charge is 0.257 e. The summed E-state index contributed by atoms with van der Waals surface area (Å²) in [4.78, 5) is 14.0. The third-order valence-corrected chi connectivity index (χ3v) is 3.27. The molecule has 1 amide bonds. The quantitative estimate of drug-likeness (QED) is 0.872. The zero-order chi connectivity index (χ0) is 13.3. The van der Waals surface area contributed by atoms with Crippen LogP contribution < -0.4 is 5.32 Å². The van der Waals surface area contributed by atoms with Crippen molar-refractivity contribution in [3.8, 4) is 0 Å². The van der Waals surface area contributed by atoms with Crippen molar-refractivity contribution in [2.24, 2.45) is 0 Å². The highest BCUT2D eigenvalue weighted by atomic mass is 19.1. The molecule has 0 spiro atoms. The van der Waals surface area contributed by atoms with Gasteiger partial charge in [-0.3, -0.25) is 4.79 Å². The number of nitrogens with one attached hydrogen (secondary N) is 1. The number of amides is 1. The molecule has 5 heteroatoms. The molecule has 98 valence electrons. The Morgan fingerprint density at radius 2 is 2.00 bits per heavy atom. The number of carbonyl (C=O) groups excluding carboxylic acids is 1. The minimum Gasteiger partial charge on any atom is -0.345 e. The van der Waals surface area contributed by atoms with Crippen molar-refractivity contribution in [3.05, 3.63) is 35.4 Å². The molecule has 2 rings (SSSR count). The largest absolute Gasteiger partial charge is 0.345 e. The van der Waals surface area contributed by atoms with Gasteiger partial charge in [-0.05, 0) is 32.5 Å². The third kappa shape index (κ3) is 2.51. The molecule has 1 aliphatic rings. The van der Waals surface area contributed by atoms with Crippen LogP contribution in [-0.2, 0) is 0 Å². The Labute approximate surface area is 105 Å². The predicted molar refractivity (Wildman–Crippen MR) is 64.3 cm³/mol. The second kappa shape index (κ2) is 4.65. The second-order valence-corrected chi connectivity index (χ2v) is 5.10. The minimum absolute atomic E-state index is 0.430. The van der Waals surface area contributed by atoms with Gasteiger partial charge in [-0.15, -0.1) is 0 Å². The Morgan fingerprint density at radius 1 is 1.39 bits per heavy atom. The van der Waals surface area contributed by atoms with Crippen LogP contribution >= 0.6 is 0 Å². The number of likely N-dealkylation sites (N-methyl/N-ethyl adjacent to an activating group) is 1. The van der Waals surface area contributed by atoms with Gasteiger partial charge in [-0.2, -0.15) is 0 Å². The summed E-state index contributed by atoms with van der Waals surface area (Å²) in [5, 5.41) is 2.72. The van der Waals surface area contributed by atoms with Gasteiger partial charge in [-0.25, -0.2) is 8.78 Å². The van der Waals surface area contributed by atoms with E-state index in [-0.39, 0.29) is 0 Å². The lowest BCUT2D eigenvalue weighted by atomic mass is 10.0. The summed E-state index contributed by atoms with van der Waals surface area (Å²) in [6, 6.07) is 3.41. The second-order valence-electron chi connectivity index (χ2n) is 5.10. The van der Waals surface area contributed by atoms with Crippen LogP contribution in [0.25, 0.3) is 0 Å². The van der Waals surface area contributed by atoms with Crippen LogP contribution in [0.2, 0.25) is 0 Å². The number of hydrogen-bond acceptors (Lipinski definition) is 2. The van der Waals surface area contributed by atoms with Crippen molar-refractivity contribution in [3.63, 3.8) is 0 Å². The van der Waals surface area contributed by atoms with Crippen LogP contribution in [0.3, 0.4) is 0 Å². The summed E-state index contributed by atoms with van der Waals surface area (Å²) in [5.74, 6) is -2.35. The van der Waals surface area contributed by atoms with E-state index in [1.807, 2.05) is 14.0 Å². The number of carbonyl (C=O) groups is 1.